The quantitative estimate of drug-likeness (QED) is 0.838. The van der Waals surface area contributed by atoms with Gasteiger partial charge in [0.2, 0.25) is 0 Å². The van der Waals surface area contributed by atoms with Crippen LogP contribution in [0.5, 0.6) is 0 Å². The lowest BCUT2D eigenvalue weighted by Crippen LogP contribution is -2.15. The lowest BCUT2D eigenvalue weighted by atomic mass is 10.3. The van der Waals surface area contributed by atoms with Gasteiger partial charge in [-0.1, -0.05) is 29.3 Å². The molecular formula is C12H6Cl2F3NO2S. The van der Waals surface area contributed by atoms with E-state index in [1.54, 1.807) is 4.72 Å². The molecule has 2 aromatic carbocycles. The molecular weight excluding hydrogens is 350 g/mol. The van der Waals surface area contributed by atoms with Crippen LogP contribution in [0.25, 0.3) is 0 Å². The topological polar surface area (TPSA) is 46.2 Å². The van der Waals surface area contributed by atoms with Crippen LogP contribution < -0.4 is 4.72 Å². The van der Waals surface area contributed by atoms with E-state index in [2.05, 4.69) is 0 Å². The minimum Gasteiger partial charge on any atom is -0.276 e. The molecule has 0 radical (unpaired) electrons. The van der Waals surface area contributed by atoms with Crippen LogP contribution in [-0.2, 0) is 10.0 Å². The highest BCUT2D eigenvalue weighted by Crippen LogP contribution is 2.31. The predicted molar refractivity (Wildman–Crippen MR) is 73.6 cm³/mol. The number of rotatable bonds is 3. The smallest absolute Gasteiger partial charge is 0.263 e. The van der Waals surface area contributed by atoms with Gasteiger partial charge in [0.05, 0.1) is 15.7 Å². The van der Waals surface area contributed by atoms with Gasteiger partial charge < -0.3 is 0 Å². The fourth-order valence-electron chi connectivity index (χ4n) is 1.50. The van der Waals surface area contributed by atoms with Gasteiger partial charge >= 0.3 is 0 Å². The molecule has 0 bridgehead atoms. The van der Waals surface area contributed by atoms with Gasteiger partial charge in [0.25, 0.3) is 10.0 Å². The van der Waals surface area contributed by atoms with Crippen LogP contribution in [0.2, 0.25) is 10.0 Å². The van der Waals surface area contributed by atoms with Gasteiger partial charge in [0.1, 0.15) is 4.90 Å². The lowest BCUT2D eigenvalue weighted by molar-refractivity contribution is 0.449. The Morgan fingerprint density at radius 2 is 1.62 bits per heavy atom. The number of nitrogens with one attached hydrogen (secondary N) is 1. The van der Waals surface area contributed by atoms with Crippen LogP contribution >= 0.6 is 23.2 Å². The molecule has 0 unspecified atom stereocenters. The highest BCUT2D eigenvalue weighted by molar-refractivity contribution is 7.92. The first-order valence-electron chi connectivity index (χ1n) is 5.34. The third-order valence-electron chi connectivity index (χ3n) is 2.49. The molecule has 0 aliphatic heterocycles. The van der Waals surface area contributed by atoms with E-state index in [9.17, 15) is 21.6 Å². The molecule has 0 fully saturated rings. The SMILES string of the molecule is O=S(=O)(Nc1ccc(F)c(F)c1F)c1cccc(Cl)c1Cl. The van der Waals surface area contributed by atoms with Crippen molar-refractivity contribution in [2.45, 2.75) is 4.90 Å². The largest absolute Gasteiger partial charge is 0.276 e. The van der Waals surface area contributed by atoms with Crippen molar-refractivity contribution in [3.8, 4) is 0 Å². The highest BCUT2D eigenvalue weighted by atomic mass is 35.5. The van der Waals surface area contributed by atoms with Gasteiger partial charge in [0.15, 0.2) is 17.5 Å². The van der Waals surface area contributed by atoms with Crippen molar-refractivity contribution in [3.05, 3.63) is 57.8 Å². The molecule has 2 aromatic rings. The van der Waals surface area contributed by atoms with Crippen LogP contribution in [0.15, 0.2) is 35.2 Å². The molecule has 21 heavy (non-hydrogen) atoms. The summed E-state index contributed by atoms with van der Waals surface area (Å²) in [4.78, 5) is -0.416. The van der Waals surface area contributed by atoms with Crippen LogP contribution in [0, 0.1) is 17.5 Å². The number of sulfonamides is 1. The third-order valence-corrected chi connectivity index (χ3v) is 4.82. The number of hydrogen-bond acceptors (Lipinski definition) is 2. The molecule has 3 nitrogen and oxygen atoms in total. The second-order valence-electron chi connectivity index (χ2n) is 3.88. The summed E-state index contributed by atoms with van der Waals surface area (Å²) in [7, 11) is -4.31. The van der Waals surface area contributed by atoms with Crippen molar-refractivity contribution in [2.75, 3.05) is 4.72 Å². The van der Waals surface area contributed by atoms with E-state index >= 15 is 0 Å². The summed E-state index contributed by atoms with van der Waals surface area (Å²) in [5.74, 6) is -4.87. The molecule has 112 valence electrons. The summed E-state index contributed by atoms with van der Waals surface area (Å²) in [5, 5.41) is -0.292. The van der Waals surface area contributed by atoms with Crippen LogP contribution in [0.3, 0.4) is 0 Å². The minimum absolute atomic E-state index is 0.0229. The number of halogens is 5. The van der Waals surface area contributed by atoms with E-state index in [4.69, 9.17) is 23.2 Å². The number of anilines is 1. The third kappa shape index (κ3) is 3.09. The summed E-state index contributed by atoms with van der Waals surface area (Å²) in [6.45, 7) is 0. The summed E-state index contributed by atoms with van der Waals surface area (Å²) in [6, 6.07) is 5.17. The number of hydrogen-bond donors (Lipinski definition) is 1. The summed E-state index contributed by atoms with van der Waals surface area (Å²) < 4.78 is 65.3. The summed E-state index contributed by atoms with van der Waals surface area (Å²) in [5.41, 5.74) is -0.745. The molecule has 0 saturated carbocycles. The second kappa shape index (κ2) is 5.75. The van der Waals surface area contributed by atoms with Gasteiger partial charge in [-0.2, -0.15) is 0 Å². The molecule has 0 heterocycles. The summed E-state index contributed by atoms with van der Waals surface area (Å²) >= 11 is 11.5. The zero-order chi connectivity index (χ0) is 15.8. The molecule has 0 aromatic heterocycles. The maximum Gasteiger partial charge on any atom is 0.263 e. The van der Waals surface area contributed by atoms with Crippen molar-refractivity contribution in [1.82, 2.24) is 0 Å². The molecule has 9 heteroatoms. The van der Waals surface area contributed by atoms with Crippen LogP contribution in [0.4, 0.5) is 18.9 Å². The Kier molecular flexibility index (Phi) is 4.36. The Balaban J connectivity index is 2.48. The first-order valence-corrected chi connectivity index (χ1v) is 7.58. The minimum atomic E-state index is -4.31. The van der Waals surface area contributed by atoms with Crippen molar-refractivity contribution in [2.24, 2.45) is 0 Å². The molecule has 0 spiro atoms. The summed E-state index contributed by atoms with van der Waals surface area (Å²) in [6.07, 6.45) is 0. The Bertz CT molecular complexity index is 812. The normalized spacial score (nSPS) is 11.5. The standard InChI is InChI=1S/C12H6Cl2F3NO2S/c13-6-2-1-3-9(10(6)14)21(19,20)18-8-5-4-7(15)11(16)12(8)17/h1-5,18H. The lowest BCUT2D eigenvalue weighted by Gasteiger charge is -2.11. The van der Waals surface area contributed by atoms with E-state index in [1.165, 1.54) is 12.1 Å². The van der Waals surface area contributed by atoms with Gasteiger partial charge in [-0.3, -0.25) is 4.72 Å². The second-order valence-corrected chi connectivity index (χ2v) is 6.32. The molecule has 0 amide bonds. The van der Waals surface area contributed by atoms with E-state index in [0.29, 0.717) is 6.07 Å². The molecule has 0 atom stereocenters. The fraction of sp³-hybridized carbons (Fsp3) is 0. The first-order chi connectivity index (χ1) is 9.74. The molecule has 2 rings (SSSR count). The predicted octanol–water partition coefficient (Wildman–Crippen LogP) is 4.21. The molecule has 1 N–H and O–H groups in total. The Morgan fingerprint density at radius 3 is 2.29 bits per heavy atom. The van der Waals surface area contributed by atoms with Crippen LogP contribution in [0.1, 0.15) is 0 Å². The Hall–Kier alpha value is -1.44. The van der Waals surface area contributed by atoms with E-state index in [-0.39, 0.29) is 10.0 Å². The average Bonchev–Trinajstić information content (AvgIpc) is 2.42. The van der Waals surface area contributed by atoms with Crippen LogP contribution in [-0.4, -0.2) is 8.42 Å². The average molecular weight is 356 g/mol. The van der Waals surface area contributed by atoms with Gasteiger partial charge in [0, 0.05) is 0 Å². The van der Waals surface area contributed by atoms with E-state index < -0.39 is 38.1 Å². The van der Waals surface area contributed by atoms with E-state index in [1.807, 2.05) is 0 Å². The van der Waals surface area contributed by atoms with Crippen molar-refractivity contribution in [1.29, 1.82) is 0 Å². The van der Waals surface area contributed by atoms with Crippen molar-refractivity contribution >= 4 is 38.9 Å². The Labute approximate surface area is 128 Å². The van der Waals surface area contributed by atoms with Gasteiger partial charge in [-0.05, 0) is 24.3 Å². The van der Waals surface area contributed by atoms with Gasteiger partial charge in [-0.15, -0.1) is 0 Å². The van der Waals surface area contributed by atoms with Gasteiger partial charge in [-0.25, -0.2) is 21.6 Å². The molecule has 0 aliphatic carbocycles. The maximum absolute atomic E-state index is 13.5. The Morgan fingerprint density at radius 1 is 0.952 bits per heavy atom. The molecule has 0 aliphatic rings. The zero-order valence-electron chi connectivity index (χ0n) is 10.0. The van der Waals surface area contributed by atoms with Crippen molar-refractivity contribution < 1.29 is 21.6 Å². The first kappa shape index (κ1) is 15.9. The monoisotopic (exact) mass is 355 g/mol. The number of benzene rings is 2. The van der Waals surface area contributed by atoms with Crippen molar-refractivity contribution in [3.63, 3.8) is 0 Å². The fourth-order valence-corrected chi connectivity index (χ4v) is 3.32. The zero-order valence-corrected chi connectivity index (χ0v) is 12.3. The van der Waals surface area contributed by atoms with E-state index in [0.717, 1.165) is 12.1 Å². The highest BCUT2D eigenvalue weighted by Gasteiger charge is 2.23. The molecule has 0 saturated heterocycles. The maximum atomic E-state index is 13.5.